The smallest absolute Gasteiger partial charge is 0.227 e. The predicted molar refractivity (Wildman–Crippen MR) is 79.7 cm³/mol. The summed E-state index contributed by atoms with van der Waals surface area (Å²) in [6.45, 7) is 6.21. The molecule has 0 spiro atoms. The summed E-state index contributed by atoms with van der Waals surface area (Å²) in [4.78, 5) is 12.3. The molecule has 0 fully saturated rings. The van der Waals surface area contributed by atoms with E-state index in [1.54, 1.807) is 7.11 Å². The highest BCUT2D eigenvalue weighted by Crippen LogP contribution is 2.26. The molecule has 106 valence electrons. The molecule has 0 heterocycles. The van der Waals surface area contributed by atoms with E-state index in [1.807, 2.05) is 25.1 Å². The molecule has 1 atom stereocenters. The van der Waals surface area contributed by atoms with Crippen LogP contribution in [0.1, 0.15) is 45.1 Å². The van der Waals surface area contributed by atoms with Crippen LogP contribution in [0.25, 0.3) is 0 Å². The lowest BCUT2D eigenvalue weighted by atomic mass is 9.98. The van der Waals surface area contributed by atoms with Gasteiger partial charge in [-0.05, 0) is 37.5 Å². The van der Waals surface area contributed by atoms with Crippen LogP contribution in [-0.4, -0.2) is 13.0 Å². The fraction of sp³-hybridized carbons (Fsp3) is 0.562. The topological polar surface area (TPSA) is 38.3 Å². The number of rotatable bonds is 7. The predicted octanol–water partition coefficient (Wildman–Crippen LogP) is 4.16. The molecule has 3 nitrogen and oxygen atoms in total. The van der Waals surface area contributed by atoms with Gasteiger partial charge in [-0.25, -0.2) is 0 Å². The Balaban J connectivity index is 2.77. The van der Waals surface area contributed by atoms with Crippen molar-refractivity contribution >= 4 is 11.6 Å². The summed E-state index contributed by atoms with van der Waals surface area (Å²) in [5.41, 5.74) is 1.88. The number of ether oxygens (including phenoxy) is 1. The fourth-order valence-electron chi connectivity index (χ4n) is 2.13. The van der Waals surface area contributed by atoms with Gasteiger partial charge in [0.2, 0.25) is 5.91 Å². The summed E-state index contributed by atoms with van der Waals surface area (Å²) in [5.74, 6) is 0.898. The third kappa shape index (κ3) is 4.58. The van der Waals surface area contributed by atoms with Gasteiger partial charge >= 0.3 is 0 Å². The molecule has 0 aromatic heterocycles. The second-order valence-electron chi connectivity index (χ2n) is 4.94. The standard InChI is InChI=1S/C16H25NO2/c1-5-7-8-13(6-2)16(18)17-14-11-12(3)9-10-15(14)19-4/h9-11,13H,5-8H2,1-4H3,(H,17,18)/t13-/m1/s1. The monoisotopic (exact) mass is 263 g/mol. The van der Waals surface area contributed by atoms with E-state index in [0.717, 1.165) is 36.9 Å². The summed E-state index contributed by atoms with van der Waals surface area (Å²) in [6.07, 6.45) is 4.04. The highest BCUT2D eigenvalue weighted by molar-refractivity contribution is 5.94. The van der Waals surface area contributed by atoms with Gasteiger partial charge in [0, 0.05) is 5.92 Å². The minimum absolute atomic E-state index is 0.0881. The van der Waals surface area contributed by atoms with Gasteiger partial charge in [0.15, 0.2) is 0 Å². The molecule has 19 heavy (non-hydrogen) atoms. The molecule has 0 unspecified atom stereocenters. The van der Waals surface area contributed by atoms with E-state index in [-0.39, 0.29) is 11.8 Å². The van der Waals surface area contributed by atoms with Gasteiger partial charge in [-0.3, -0.25) is 4.79 Å². The second kappa shape index (κ2) is 7.82. The van der Waals surface area contributed by atoms with Gasteiger partial charge in [-0.2, -0.15) is 0 Å². The van der Waals surface area contributed by atoms with E-state index >= 15 is 0 Å². The van der Waals surface area contributed by atoms with Crippen LogP contribution in [0.2, 0.25) is 0 Å². The van der Waals surface area contributed by atoms with Crippen molar-refractivity contribution in [2.75, 3.05) is 12.4 Å². The molecule has 0 bridgehead atoms. The van der Waals surface area contributed by atoms with Gasteiger partial charge in [0.25, 0.3) is 0 Å². The number of unbranched alkanes of at least 4 members (excludes halogenated alkanes) is 1. The molecule has 0 radical (unpaired) electrons. The zero-order valence-corrected chi connectivity index (χ0v) is 12.5. The zero-order chi connectivity index (χ0) is 14.3. The maximum Gasteiger partial charge on any atom is 0.227 e. The molecule has 3 heteroatoms. The Kier molecular flexibility index (Phi) is 6.40. The number of hydrogen-bond acceptors (Lipinski definition) is 2. The Morgan fingerprint density at radius 1 is 1.37 bits per heavy atom. The van der Waals surface area contributed by atoms with E-state index < -0.39 is 0 Å². The van der Waals surface area contributed by atoms with Crippen LogP contribution in [0.3, 0.4) is 0 Å². The average molecular weight is 263 g/mol. The SMILES string of the molecule is CCCC[C@@H](CC)C(=O)Nc1cc(C)ccc1OC. The molecule has 0 saturated heterocycles. The molecule has 0 saturated carbocycles. The minimum atomic E-state index is 0.0881. The van der Waals surface area contributed by atoms with Gasteiger partial charge in [0.1, 0.15) is 5.75 Å². The van der Waals surface area contributed by atoms with Crippen molar-refractivity contribution < 1.29 is 9.53 Å². The number of nitrogens with one attached hydrogen (secondary N) is 1. The molecule has 0 aliphatic heterocycles. The first-order valence-corrected chi connectivity index (χ1v) is 7.07. The van der Waals surface area contributed by atoms with Crippen LogP contribution in [0.5, 0.6) is 5.75 Å². The van der Waals surface area contributed by atoms with Gasteiger partial charge in [-0.15, -0.1) is 0 Å². The third-order valence-electron chi connectivity index (χ3n) is 3.38. The number of carbonyl (C=O) groups is 1. The van der Waals surface area contributed by atoms with Crippen LogP contribution in [0.15, 0.2) is 18.2 Å². The minimum Gasteiger partial charge on any atom is -0.495 e. The van der Waals surface area contributed by atoms with Crippen molar-refractivity contribution in [3.05, 3.63) is 23.8 Å². The molecule has 0 aliphatic rings. The summed E-state index contributed by atoms with van der Waals surface area (Å²) < 4.78 is 5.28. The van der Waals surface area contributed by atoms with Crippen LogP contribution in [0.4, 0.5) is 5.69 Å². The number of carbonyl (C=O) groups excluding carboxylic acids is 1. The molecule has 1 N–H and O–H groups in total. The Morgan fingerprint density at radius 2 is 2.11 bits per heavy atom. The normalized spacial score (nSPS) is 12.0. The summed E-state index contributed by atoms with van der Waals surface area (Å²) >= 11 is 0. The Bertz CT molecular complexity index is 415. The summed E-state index contributed by atoms with van der Waals surface area (Å²) in [5, 5.41) is 3.00. The van der Waals surface area contributed by atoms with Gasteiger partial charge in [-0.1, -0.05) is 32.8 Å². The Hall–Kier alpha value is -1.51. The number of amides is 1. The largest absolute Gasteiger partial charge is 0.495 e. The van der Waals surface area contributed by atoms with Crippen LogP contribution < -0.4 is 10.1 Å². The number of benzene rings is 1. The van der Waals surface area contributed by atoms with Crippen LogP contribution in [0, 0.1) is 12.8 Å². The first-order chi connectivity index (χ1) is 9.12. The van der Waals surface area contributed by atoms with E-state index in [1.165, 1.54) is 0 Å². The maximum absolute atomic E-state index is 12.3. The lowest BCUT2D eigenvalue weighted by Crippen LogP contribution is -2.22. The highest BCUT2D eigenvalue weighted by Gasteiger charge is 2.17. The molecular formula is C16H25NO2. The quantitative estimate of drug-likeness (QED) is 0.802. The first kappa shape index (κ1) is 15.5. The van der Waals surface area contributed by atoms with Gasteiger partial charge in [0.05, 0.1) is 12.8 Å². The van der Waals surface area contributed by atoms with E-state index in [9.17, 15) is 4.79 Å². The molecule has 1 aromatic carbocycles. The van der Waals surface area contributed by atoms with Crippen molar-refractivity contribution in [1.29, 1.82) is 0 Å². The molecule has 1 rings (SSSR count). The van der Waals surface area contributed by atoms with E-state index in [0.29, 0.717) is 5.75 Å². The Morgan fingerprint density at radius 3 is 2.68 bits per heavy atom. The Labute approximate surface area is 116 Å². The number of anilines is 1. The summed E-state index contributed by atoms with van der Waals surface area (Å²) in [6, 6.07) is 5.81. The van der Waals surface area contributed by atoms with E-state index in [4.69, 9.17) is 4.74 Å². The maximum atomic E-state index is 12.3. The molecule has 1 aromatic rings. The van der Waals surface area contributed by atoms with Crippen molar-refractivity contribution in [1.82, 2.24) is 0 Å². The van der Waals surface area contributed by atoms with E-state index in [2.05, 4.69) is 19.2 Å². The van der Waals surface area contributed by atoms with Crippen molar-refractivity contribution in [2.45, 2.75) is 46.5 Å². The molecule has 1 amide bonds. The molecule has 0 aliphatic carbocycles. The lowest BCUT2D eigenvalue weighted by Gasteiger charge is -2.16. The van der Waals surface area contributed by atoms with Gasteiger partial charge < -0.3 is 10.1 Å². The van der Waals surface area contributed by atoms with Crippen LogP contribution >= 0.6 is 0 Å². The fourth-order valence-corrected chi connectivity index (χ4v) is 2.13. The molecular weight excluding hydrogens is 238 g/mol. The average Bonchev–Trinajstić information content (AvgIpc) is 2.40. The number of methoxy groups -OCH3 is 1. The highest BCUT2D eigenvalue weighted by atomic mass is 16.5. The lowest BCUT2D eigenvalue weighted by molar-refractivity contribution is -0.120. The van der Waals surface area contributed by atoms with Crippen molar-refractivity contribution in [2.24, 2.45) is 5.92 Å². The van der Waals surface area contributed by atoms with Crippen LogP contribution in [-0.2, 0) is 4.79 Å². The van der Waals surface area contributed by atoms with Crippen molar-refractivity contribution in [3.8, 4) is 5.75 Å². The second-order valence-corrected chi connectivity index (χ2v) is 4.94. The van der Waals surface area contributed by atoms with Crippen molar-refractivity contribution in [3.63, 3.8) is 0 Å². The first-order valence-electron chi connectivity index (χ1n) is 7.07. The number of aryl methyl sites for hydroxylation is 1. The number of hydrogen-bond donors (Lipinski definition) is 1. The third-order valence-corrected chi connectivity index (χ3v) is 3.38. The zero-order valence-electron chi connectivity index (χ0n) is 12.5. The summed E-state index contributed by atoms with van der Waals surface area (Å²) in [7, 11) is 1.62.